The summed E-state index contributed by atoms with van der Waals surface area (Å²) in [5, 5.41) is 0. The molecule has 0 aromatic carbocycles. The van der Waals surface area contributed by atoms with Crippen LogP contribution in [-0.2, 0) is 16.5 Å². The molecule has 0 aliphatic heterocycles. The van der Waals surface area contributed by atoms with Crippen molar-refractivity contribution < 1.29 is 13.0 Å². The predicted octanol–water partition coefficient (Wildman–Crippen LogP) is -0.160. The zero-order valence-corrected chi connectivity index (χ0v) is 6.50. The second-order valence-electron chi connectivity index (χ2n) is 2.07. The Morgan fingerprint density at radius 1 is 1.64 bits per heavy atom. The maximum Gasteiger partial charge on any atom is 0.265 e. The van der Waals surface area contributed by atoms with Crippen LogP contribution in [0.5, 0.6) is 0 Å². The van der Waals surface area contributed by atoms with Crippen LogP contribution in [0, 0.1) is 0 Å². The predicted molar refractivity (Wildman–Crippen MR) is 38.7 cm³/mol. The Bertz CT molecular complexity index is 302. The molecule has 1 aromatic heterocycles. The number of nitrogens with one attached hydrogen (secondary N) is 1. The summed E-state index contributed by atoms with van der Waals surface area (Å²) in [5.74, 6) is 0.267. The van der Waals surface area contributed by atoms with Crippen LogP contribution in [0.15, 0.2) is 12.4 Å². The van der Waals surface area contributed by atoms with Gasteiger partial charge in [0.05, 0.1) is 5.75 Å². The van der Waals surface area contributed by atoms with E-state index in [1.54, 1.807) is 6.20 Å². The number of aromatic amines is 1. The summed E-state index contributed by atoms with van der Waals surface area (Å²) in [6.45, 7) is 0. The number of hydrogen-bond acceptors (Lipinski definition) is 3. The van der Waals surface area contributed by atoms with Gasteiger partial charge in [0.25, 0.3) is 10.1 Å². The lowest BCUT2D eigenvalue weighted by Gasteiger charge is -1.92. The normalized spacial score (nSPS) is 11.7. The van der Waals surface area contributed by atoms with Gasteiger partial charge in [-0.1, -0.05) is 0 Å². The number of rotatable bonds is 3. The summed E-state index contributed by atoms with van der Waals surface area (Å²) < 4.78 is 28.8. The van der Waals surface area contributed by atoms with E-state index in [9.17, 15) is 8.42 Å². The van der Waals surface area contributed by atoms with Gasteiger partial charge in [0.1, 0.15) is 5.82 Å². The molecule has 0 atom stereocenters. The smallest absolute Gasteiger partial charge is 0.265 e. The molecule has 0 aliphatic carbocycles. The molecule has 0 unspecified atom stereocenters. The molecule has 1 heterocycles. The first kappa shape index (κ1) is 8.22. The molecule has 0 spiro atoms. The molecule has 11 heavy (non-hydrogen) atoms. The highest BCUT2D eigenvalue weighted by Crippen LogP contribution is 1.92. The largest absolute Gasteiger partial charge is 0.349 e. The van der Waals surface area contributed by atoms with Crippen LogP contribution < -0.4 is 0 Å². The summed E-state index contributed by atoms with van der Waals surface area (Å²) in [6, 6.07) is 0. The average Bonchev–Trinajstić information content (AvgIpc) is 2.32. The summed E-state index contributed by atoms with van der Waals surface area (Å²) in [4.78, 5) is 6.51. The Labute approximate surface area is 64.2 Å². The molecule has 6 heteroatoms. The minimum absolute atomic E-state index is 0.214. The van der Waals surface area contributed by atoms with Gasteiger partial charge in [0.2, 0.25) is 0 Å². The highest BCUT2D eigenvalue weighted by molar-refractivity contribution is 7.85. The molecule has 0 saturated carbocycles. The van der Waals surface area contributed by atoms with Gasteiger partial charge in [-0.15, -0.1) is 0 Å². The zero-order valence-electron chi connectivity index (χ0n) is 5.69. The van der Waals surface area contributed by atoms with Gasteiger partial charge < -0.3 is 4.98 Å². The Kier molecular flexibility index (Phi) is 2.25. The van der Waals surface area contributed by atoms with Crippen LogP contribution >= 0.6 is 0 Å². The highest BCUT2D eigenvalue weighted by Gasteiger charge is 2.05. The Morgan fingerprint density at radius 2 is 2.36 bits per heavy atom. The quantitative estimate of drug-likeness (QED) is 0.627. The van der Waals surface area contributed by atoms with Gasteiger partial charge in [-0.2, -0.15) is 8.42 Å². The van der Waals surface area contributed by atoms with Gasteiger partial charge >= 0.3 is 0 Å². The summed E-state index contributed by atoms with van der Waals surface area (Å²) in [6.07, 6.45) is 3.34. The van der Waals surface area contributed by atoms with Gasteiger partial charge in [0, 0.05) is 18.8 Å². The number of aromatic nitrogens is 2. The number of nitrogens with zero attached hydrogens (tertiary/aromatic N) is 1. The van der Waals surface area contributed by atoms with Crippen LogP contribution in [0.1, 0.15) is 5.82 Å². The molecule has 1 rings (SSSR count). The van der Waals surface area contributed by atoms with Crippen molar-refractivity contribution in [1.82, 2.24) is 9.97 Å². The fourth-order valence-corrected chi connectivity index (χ4v) is 1.11. The van der Waals surface area contributed by atoms with Gasteiger partial charge in [0.15, 0.2) is 0 Å². The van der Waals surface area contributed by atoms with Crippen molar-refractivity contribution in [2.75, 3.05) is 5.75 Å². The summed E-state index contributed by atoms with van der Waals surface area (Å²) in [5.41, 5.74) is 0. The first-order valence-corrected chi connectivity index (χ1v) is 4.62. The molecule has 0 aliphatic rings. The van der Waals surface area contributed by atoms with Crippen molar-refractivity contribution in [1.29, 1.82) is 0 Å². The first-order chi connectivity index (χ1) is 5.08. The van der Waals surface area contributed by atoms with Crippen LogP contribution in [0.25, 0.3) is 0 Å². The Morgan fingerprint density at radius 3 is 2.82 bits per heavy atom. The molecule has 0 fully saturated rings. The van der Waals surface area contributed by atoms with Crippen molar-refractivity contribution in [3.63, 3.8) is 0 Å². The van der Waals surface area contributed by atoms with E-state index >= 15 is 0 Å². The minimum atomic E-state index is -3.86. The lowest BCUT2D eigenvalue weighted by Crippen LogP contribution is -2.07. The highest BCUT2D eigenvalue weighted by atomic mass is 32.2. The molecule has 5 nitrogen and oxygen atoms in total. The zero-order chi connectivity index (χ0) is 8.32. The standard InChI is InChI=1S/C5H8N2O3S/c8-11(9,10)4-1-5-6-2-3-7-5/h2-3H,1,4H2,(H,6,7)(H,8,9,10). The number of aryl methyl sites for hydroxylation is 1. The van der Waals surface area contributed by atoms with E-state index in [-0.39, 0.29) is 12.2 Å². The topological polar surface area (TPSA) is 83.1 Å². The van der Waals surface area contributed by atoms with E-state index < -0.39 is 10.1 Å². The minimum Gasteiger partial charge on any atom is -0.349 e. The van der Waals surface area contributed by atoms with Crippen molar-refractivity contribution >= 4 is 10.1 Å². The molecule has 0 radical (unpaired) electrons. The third-order valence-corrected chi connectivity index (χ3v) is 1.87. The van der Waals surface area contributed by atoms with E-state index in [1.165, 1.54) is 6.20 Å². The van der Waals surface area contributed by atoms with E-state index in [0.717, 1.165) is 0 Å². The van der Waals surface area contributed by atoms with Crippen LogP contribution in [0.3, 0.4) is 0 Å². The Balaban J connectivity index is 2.48. The van der Waals surface area contributed by atoms with Gasteiger partial charge in [-0.05, 0) is 0 Å². The van der Waals surface area contributed by atoms with Crippen LogP contribution in [0.2, 0.25) is 0 Å². The third-order valence-electron chi connectivity index (χ3n) is 1.15. The summed E-state index contributed by atoms with van der Waals surface area (Å²) >= 11 is 0. The van der Waals surface area contributed by atoms with Crippen molar-refractivity contribution in [3.05, 3.63) is 18.2 Å². The van der Waals surface area contributed by atoms with Gasteiger partial charge in [-0.25, -0.2) is 4.98 Å². The van der Waals surface area contributed by atoms with E-state index in [1.807, 2.05) is 0 Å². The Hall–Kier alpha value is -0.880. The molecule has 0 bridgehead atoms. The van der Waals surface area contributed by atoms with Crippen LogP contribution in [0.4, 0.5) is 0 Å². The SMILES string of the molecule is O=S(=O)(O)CCc1ncc[nH]1. The molecule has 2 N–H and O–H groups in total. The average molecular weight is 176 g/mol. The fourth-order valence-electron chi connectivity index (χ4n) is 0.660. The van der Waals surface area contributed by atoms with E-state index in [4.69, 9.17) is 4.55 Å². The number of hydrogen-bond donors (Lipinski definition) is 2. The van der Waals surface area contributed by atoms with Crippen molar-refractivity contribution in [3.8, 4) is 0 Å². The van der Waals surface area contributed by atoms with Crippen LogP contribution in [-0.4, -0.2) is 28.7 Å². The molecule has 62 valence electrons. The molecular weight excluding hydrogens is 168 g/mol. The summed E-state index contributed by atoms with van der Waals surface area (Å²) in [7, 11) is -3.86. The van der Waals surface area contributed by atoms with E-state index in [2.05, 4.69) is 9.97 Å². The monoisotopic (exact) mass is 176 g/mol. The van der Waals surface area contributed by atoms with Crippen molar-refractivity contribution in [2.45, 2.75) is 6.42 Å². The molecule has 0 saturated heterocycles. The molecule has 0 amide bonds. The third kappa shape index (κ3) is 3.15. The second kappa shape index (κ2) is 3.02. The second-order valence-corrected chi connectivity index (χ2v) is 3.64. The van der Waals surface area contributed by atoms with Gasteiger partial charge in [-0.3, -0.25) is 4.55 Å². The maximum absolute atomic E-state index is 10.2. The fraction of sp³-hybridized carbons (Fsp3) is 0.400. The molecular formula is C5H8N2O3S. The molecule has 1 aromatic rings. The number of imidazole rings is 1. The first-order valence-electron chi connectivity index (χ1n) is 3.01. The van der Waals surface area contributed by atoms with E-state index in [0.29, 0.717) is 5.82 Å². The number of H-pyrrole nitrogens is 1. The lowest BCUT2D eigenvalue weighted by molar-refractivity contribution is 0.482. The van der Waals surface area contributed by atoms with Crippen molar-refractivity contribution in [2.24, 2.45) is 0 Å². The lowest BCUT2D eigenvalue weighted by atomic mass is 10.5. The maximum atomic E-state index is 10.2.